The highest BCUT2D eigenvalue weighted by Gasteiger charge is 2.31. The molecule has 1 aromatic rings. The minimum atomic E-state index is -0.588. The topological polar surface area (TPSA) is 20.3 Å². The maximum atomic E-state index is 13.0. The van der Waals surface area contributed by atoms with E-state index >= 15 is 0 Å². The van der Waals surface area contributed by atoms with Crippen LogP contribution in [0, 0.1) is 11.6 Å². The van der Waals surface area contributed by atoms with Gasteiger partial charge in [0.05, 0.1) is 0 Å². The normalized spacial score (nSPS) is 14.5. The summed E-state index contributed by atoms with van der Waals surface area (Å²) >= 11 is 0. The summed E-state index contributed by atoms with van der Waals surface area (Å²) in [5.74, 6) is -1.08. The SMILES string of the molecule is CCCN(C(=O)CCc1cc(F)cc(F)c1)C1CC1. The number of rotatable bonds is 6. The maximum absolute atomic E-state index is 13.0. The number of amides is 1. The maximum Gasteiger partial charge on any atom is 0.223 e. The van der Waals surface area contributed by atoms with Gasteiger partial charge in [-0.25, -0.2) is 8.78 Å². The fourth-order valence-corrected chi connectivity index (χ4v) is 2.29. The predicted molar refractivity (Wildman–Crippen MR) is 69.7 cm³/mol. The largest absolute Gasteiger partial charge is 0.340 e. The number of nitrogens with zero attached hydrogens (tertiary/aromatic N) is 1. The van der Waals surface area contributed by atoms with Crippen LogP contribution in [0.15, 0.2) is 18.2 Å². The molecule has 1 fully saturated rings. The number of carbonyl (C=O) groups is 1. The third-order valence-electron chi connectivity index (χ3n) is 3.32. The van der Waals surface area contributed by atoms with Crippen LogP contribution in [0.4, 0.5) is 8.78 Å². The van der Waals surface area contributed by atoms with Crippen molar-refractivity contribution in [1.29, 1.82) is 0 Å². The fraction of sp³-hybridized carbons (Fsp3) is 0.533. The van der Waals surface area contributed by atoms with Crippen molar-refractivity contribution < 1.29 is 13.6 Å². The number of halogens is 2. The molecule has 2 rings (SSSR count). The number of hydrogen-bond donors (Lipinski definition) is 0. The standard InChI is InChI=1S/C15H19F2NO/c1-2-7-18(14-4-5-14)15(19)6-3-11-8-12(16)10-13(17)9-11/h8-10,14H,2-7H2,1H3. The first-order valence-electron chi connectivity index (χ1n) is 6.84. The summed E-state index contributed by atoms with van der Waals surface area (Å²) in [6.07, 6.45) is 3.82. The molecule has 4 heteroatoms. The van der Waals surface area contributed by atoms with Gasteiger partial charge in [0.25, 0.3) is 0 Å². The van der Waals surface area contributed by atoms with E-state index in [-0.39, 0.29) is 5.91 Å². The van der Waals surface area contributed by atoms with Gasteiger partial charge < -0.3 is 4.90 Å². The molecule has 1 aliphatic rings. The zero-order valence-corrected chi connectivity index (χ0v) is 11.2. The molecular weight excluding hydrogens is 248 g/mol. The Balaban J connectivity index is 1.91. The van der Waals surface area contributed by atoms with E-state index in [1.54, 1.807) is 0 Å². The average Bonchev–Trinajstić information content (AvgIpc) is 3.16. The Morgan fingerprint density at radius 1 is 1.26 bits per heavy atom. The Morgan fingerprint density at radius 3 is 2.42 bits per heavy atom. The second-order valence-corrected chi connectivity index (χ2v) is 5.10. The van der Waals surface area contributed by atoms with E-state index in [2.05, 4.69) is 0 Å². The lowest BCUT2D eigenvalue weighted by atomic mass is 10.1. The highest BCUT2D eigenvalue weighted by Crippen LogP contribution is 2.27. The van der Waals surface area contributed by atoms with Crippen LogP contribution in [-0.4, -0.2) is 23.4 Å². The molecule has 0 radical (unpaired) electrons. The van der Waals surface area contributed by atoms with Crippen molar-refractivity contribution in [3.8, 4) is 0 Å². The van der Waals surface area contributed by atoms with E-state index < -0.39 is 11.6 Å². The van der Waals surface area contributed by atoms with Gasteiger partial charge >= 0.3 is 0 Å². The smallest absolute Gasteiger partial charge is 0.223 e. The van der Waals surface area contributed by atoms with Crippen LogP contribution in [0.25, 0.3) is 0 Å². The Kier molecular flexibility index (Phi) is 4.51. The summed E-state index contributed by atoms with van der Waals surface area (Å²) in [7, 11) is 0. The van der Waals surface area contributed by atoms with Crippen LogP contribution in [0.3, 0.4) is 0 Å². The molecule has 1 saturated carbocycles. The minimum absolute atomic E-state index is 0.0917. The van der Waals surface area contributed by atoms with E-state index in [0.717, 1.165) is 31.9 Å². The number of aryl methyl sites for hydroxylation is 1. The van der Waals surface area contributed by atoms with Gasteiger partial charge in [0, 0.05) is 25.1 Å². The first kappa shape index (κ1) is 14.0. The molecule has 19 heavy (non-hydrogen) atoms. The van der Waals surface area contributed by atoms with Crippen LogP contribution in [-0.2, 0) is 11.2 Å². The molecule has 0 N–H and O–H groups in total. The molecule has 1 amide bonds. The number of hydrogen-bond acceptors (Lipinski definition) is 1. The molecule has 104 valence electrons. The van der Waals surface area contributed by atoms with Crippen LogP contribution in [0.5, 0.6) is 0 Å². The van der Waals surface area contributed by atoms with Gasteiger partial charge in [-0.1, -0.05) is 6.92 Å². The molecule has 0 heterocycles. The van der Waals surface area contributed by atoms with E-state index in [0.29, 0.717) is 24.4 Å². The number of benzene rings is 1. The number of carbonyl (C=O) groups excluding carboxylic acids is 1. The molecule has 0 spiro atoms. The van der Waals surface area contributed by atoms with E-state index in [1.165, 1.54) is 12.1 Å². The Morgan fingerprint density at radius 2 is 1.89 bits per heavy atom. The zero-order chi connectivity index (χ0) is 13.8. The molecule has 0 bridgehead atoms. The highest BCUT2D eigenvalue weighted by atomic mass is 19.1. The molecule has 0 saturated heterocycles. The molecule has 1 aromatic carbocycles. The summed E-state index contributed by atoms with van der Waals surface area (Å²) in [6.45, 7) is 2.83. The molecule has 2 nitrogen and oxygen atoms in total. The Hall–Kier alpha value is -1.45. The van der Waals surface area contributed by atoms with Crippen molar-refractivity contribution >= 4 is 5.91 Å². The van der Waals surface area contributed by atoms with Gasteiger partial charge in [-0.2, -0.15) is 0 Å². The van der Waals surface area contributed by atoms with Crippen molar-refractivity contribution in [2.45, 2.75) is 45.1 Å². The Bertz CT molecular complexity index is 437. The minimum Gasteiger partial charge on any atom is -0.340 e. The van der Waals surface area contributed by atoms with Gasteiger partial charge in [-0.15, -0.1) is 0 Å². The third kappa shape index (κ3) is 4.01. The second-order valence-electron chi connectivity index (χ2n) is 5.10. The Labute approximate surface area is 112 Å². The van der Waals surface area contributed by atoms with Crippen LogP contribution in [0.1, 0.15) is 38.2 Å². The molecule has 1 aliphatic carbocycles. The van der Waals surface area contributed by atoms with Crippen molar-refractivity contribution in [2.24, 2.45) is 0 Å². The lowest BCUT2D eigenvalue weighted by Gasteiger charge is -2.21. The molecule has 0 unspecified atom stereocenters. The molecule has 0 atom stereocenters. The molecule has 0 aliphatic heterocycles. The highest BCUT2D eigenvalue weighted by molar-refractivity contribution is 5.77. The third-order valence-corrected chi connectivity index (χ3v) is 3.32. The summed E-state index contributed by atoms with van der Waals surface area (Å²) in [6, 6.07) is 3.82. The van der Waals surface area contributed by atoms with Crippen molar-refractivity contribution in [3.63, 3.8) is 0 Å². The first-order valence-corrected chi connectivity index (χ1v) is 6.84. The van der Waals surface area contributed by atoms with Crippen molar-refractivity contribution in [2.75, 3.05) is 6.54 Å². The van der Waals surface area contributed by atoms with E-state index in [1.807, 2.05) is 11.8 Å². The van der Waals surface area contributed by atoms with Crippen LogP contribution >= 0.6 is 0 Å². The first-order chi connectivity index (χ1) is 9.10. The van der Waals surface area contributed by atoms with Crippen LogP contribution < -0.4 is 0 Å². The fourth-order valence-electron chi connectivity index (χ4n) is 2.29. The van der Waals surface area contributed by atoms with Gasteiger partial charge in [-0.05, 0) is 43.4 Å². The summed E-state index contributed by atoms with van der Waals surface area (Å²) < 4.78 is 26.1. The van der Waals surface area contributed by atoms with Crippen LogP contribution in [0.2, 0.25) is 0 Å². The molecule has 0 aromatic heterocycles. The lowest BCUT2D eigenvalue weighted by Crippen LogP contribution is -2.33. The van der Waals surface area contributed by atoms with Crippen molar-refractivity contribution in [1.82, 2.24) is 4.90 Å². The van der Waals surface area contributed by atoms with Crippen molar-refractivity contribution in [3.05, 3.63) is 35.4 Å². The summed E-state index contributed by atoms with van der Waals surface area (Å²) in [5, 5.41) is 0. The lowest BCUT2D eigenvalue weighted by molar-refractivity contribution is -0.131. The van der Waals surface area contributed by atoms with E-state index in [4.69, 9.17) is 0 Å². The van der Waals surface area contributed by atoms with Gasteiger partial charge in [0.2, 0.25) is 5.91 Å². The van der Waals surface area contributed by atoms with Gasteiger partial charge in [0.1, 0.15) is 11.6 Å². The van der Waals surface area contributed by atoms with E-state index in [9.17, 15) is 13.6 Å². The average molecular weight is 267 g/mol. The van der Waals surface area contributed by atoms with Gasteiger partial charge in [-0.3, -0.25) is 4.79 Å². The zero-order valence-electron chi connectivity index (χ0n) is 11.2. The summed E-state index contributed by atoms with van der Waals surface area (Å²) in [5.41, 5.74) is 0.540. The monoisotopic (exact) mass is 267 g/mol. The van der Waals surface area contributed by atoms with Gasteiger partial charge in [0.15, 0.2) is 0 Å². The summed E-state index contributed by atoms with van der Waals surface area (Å²) in [4.78, 5) is 14.0. The predicted octanol–water partition coefficient (Wildman–Crippen LogP) is 3.30. The second kappa shape index (κ2) is 6.13. The quantitative estimate of drug-likeness (QED) is 0.774. The molecular formula is C15H19F2NO.